The number of nitrogens with zero attached hydrogens (tertiary/aromatic N) is 3. The van der Waals surface area contributed by atoms with E-state index in [1.807, 2.05) is 25.1 Å². The van der Waals surface area contributed by atoms with Crippen LogP contribution in [0.4, 0.5) is 0 Å². The molecule has 1 fully saturated rings. The monoisotopic (exact) mass is 278 g/mol. The molecule has 2 rings (SSSR count). The van der Waals surface area contributed by atoms with Crippen LogP contribution in [0.15, 0.2) is 6.20 Å². The van der Waals surface area contributed by atoms with Gasteiger partial charge in [-0.15, -0.1) is 0 Å². The van der Waals surface area contributed by atoms with E-state index >= 15 is 0 Å². The zero-order valence-electron chi connectivity index (χ0n) is 12.6. The summed E-state index contributed by atoms with van der Waals surface area (Å²) in [5.74, 6) is 0.121. The molecule has 1 aliphatic carbocycles. The number of carbonyl (C=O) groups is 1. The Morgan fingerprint density at radius 1 is 1.45 bits per heavy atom. The number of hydrogen-bond donors (Lipinski definition) is 1. The molecule has 5 nitrogen and oxygen atoms in total. The Labute approximate surface area is 121 Å². The molecule has 1 heterocycles. The van der Waals surface area contributed by atoms with Crippen LogP contribution in [0.25, 0.3) is 0 Å². The third-order valence-electron chi connectivity index (χ3n) is 4.12. The van der Waals surface area contributed by atoms with E-state index < -0.39 is 0 Å². The average Bonchev–Trinajstić information content (AvgIpc) is 2.79. The molecule has 2 N–H and O–H groups in total. The highest BCUT2D eigenvalue weighted by Crippen LogP contribution is 2.24. The number of rotatable bonds is 5. The van der Waals surface area contributed by atoms with E-state index in [1.165, 1.54) is 19.3 Å². The summed E-state index contributed by atoms with van der Waals surface area (Å²) in [7, 11) is 1.86. The first-order valence-electron chi connectivity index (χ1n) is 7.64. The Morgan fingerprint density at radius 3 is 2.70 bits per heavy atom. The van der Waals surface area contributed by atoms with Crippen LogP contribution in [0.2, 0.25) is 0 Å². The maximum atomic E-state index is 12.8. The summed E-state index contributed by atoms with van der Waals surface area (Å²) in [4.78, 5) is 14.9. The molecule has 5 heteroatoms. The third-order valence-corrected chi connectivity index (χ3v) is 4.12. The highest BCUT2D eigenvalue weighted by Gasteiger charge is 2.27. The second kappa shape index (κ2) is 6.88. The highest BCUT2D eigenvalue weighted by atomic mass is 16.2. The van der Waals surface area contributed by atoms with Crippen molar-refractivity contribution in [2.45, 2.75) is 51.5 Å². The molecule has 1 amide bonds. The average molecular weight is 278 g/mol. The molecule has 1 aromatic heterocycles. The van der Waals surface area contributed by atoms with Crippen molar-refractivity contribution in [2.75, 3.05) is 13.1 Å². The highest BCUT2D eigenvalue weighted by molar-refractivity contribution is 5.95. The second-order valence-corrected chi connectivity index (χ2v) is 5.73. The van der Waals surface area contributed by atoms with E-state index in [9.17, 15) is 4.79 Å². The molecule has 0 aliphatic heterocycles. The fourth-order valence-corrected chi connectivity index (χ4v) is 3.07. The molecule has 0 aromatic carbocycles. The van der Waals surface area contributed by atoms with Crippen LogP contribution in [0.3, 0.4) is 0 Å². The minimum absolute atomic E-state index is 0.121. The smallest absolute Gasteiger partial charge is 0.257 e. The topological polar surface area (TPSA) is 64.2 Å². The number of nitrogens with two attached hydrogens (primary N) is 1. The van der Waals surface area contributed by atoms with Crippen molar-refractivity contribution in [3.05, 3.63) is 17.5 Å². The van der Waals surface area contributed by atoms with E-state index in [0.29, 0.717) is 12.6 Å². The summed E-state index contributed by atoms with van der Waals surface area (Å²) in [5.41, 5.74) is 7.17. The molecule has 0 atom stereocenters. The number of aryl methyl sites for hydroxylation is 2. The van der Waals surface area contributed by atoms with Crippen molar-refractivity contribution in [1.82, 2.24) is 14.7 Å². The number of hydrogen-bond acceptors (Lipinski definition) is 3. The lowest BCUT2D eigenvalue weighted by molar-refractivity contribution is 0.0632. The molecular weight excluding hydrogens is 252 g/mol. The van der Waals surface area contributed by atoms with E-state index in [0.717, 1.165) is 37.1 Å². The third kappa shape index (κ3) is 3.39. The lowest BCUT2D eigenvalue weighted by Gasteiger charge is -2.34. The number of aromatic nitrogens is 2. The van der Waals surface area contributed by atoms with Crippen LogP contribution < -0.4 is 5.73 Å². The van der Waals surface area contributed by atoms with Gasteiger partial charge in [0.25, 0.3) is 5.91 Å². The Bertz CT molecular complexity index is 449. The maximum absolute atomic E-state index is 12.8. The standard InChI is InChI=1S/C15H26N4O/c1-12-14(11-18(2)17-12)15(20)19(10-6-9-16)13-7-4-3-5-8-13/h11,13H,3-10,16H2,1-2H3. The first-order chi connectivity index (χ1) is 9.63. The molecule has 20 heavy (non-hydrogen) atoms. The summed E-state index contributed by atoms with van der Waals surface area (Å²) < 4.78 is 1.71. The fourth-order valence-electron chi connectivity index (χ4n) is 3.07. The predicted octanol–water partition coefficient (Wildman–Crippen LogP) is 1.85. The van der Waals surface area contributed by atoms with Gasteiger partial charge in [-0.05, 0) is 32.7 Å². The first kappa shape index (κ1) is 15.0. The normalized spacial score (nSPS) is 16.4. The van der Waals surface area contributed by atoms with Gasteiger partial charge in [0.15, 0.2) is 0 Å². The molecule has 1 aromatic rings. The minimum Gasteiger partial charge on any atom is -0.336 e. The molecule has 0 radical (unpaired) electrons. The van der Waals surface area contributed by atoms with E-state index in [2.05, 4.69) is 5.10 Å². The number of amides is 1. The molecule has 0 bridgehead atoms. The van der Waals surface area contributed by atoms with Gasteiger partial charge < -0.3 is 10.6 Å². The van der Waals surface area contributed by atoms with E-state index in [-0.39, 0.29) is 5.91 Å². The van der Waals surface area contributed by atoms with E-state index in [1.54, 1.807) is 4.68 Å². The Balaban J connectivity index is 2.16. The second-order valence-electron chi connectivity index (χ2n) is 5.73. The van der Waals surface area contributed by atoms with Crippen LogP contribution >= 0.6 is 0 Å². The van der Waals surface area contributed by atoms with Gasteiger partial charge >= 0.3 is 0 Å². The lowest BCUT2D eigenvalue weighted by atomic mass is 9.93. The largest absolute Gasteiger partial charge is 0.336 e. The van der Waals surface area contributed by atoms with Crippen molar-refractivity contribution < 1.29 is 4.79 Å². The van der Waals surface area contributed by atoms with Crippen molar-refractivity contribution in [3.63, 3.8) is 0 Å². The fraction of sp³-hybridized carbons (Fsp3) is 0.733. The summed E-state index contributed by atoms with van der Waals surface area (Å²) >= 11 is 0. The molecule has 0 unspecified atom stereocenters. The van der Waals surface area contributed by atoms with Gasteiger partial charge in [0.05, 0.1) is 11.3 Å². The van der Waals surface area contributed by atoms with Crippen LogP contribution in [-0.4, -0.2) is 39.7 Å². The molecule has 1 aliphatic rings. The maximum Gasteiger partial charge on any atom is 0.257 e. The molecule has 0 saturated heterocycles. The first-order valence-corrected chi connectivity index (χ1v) is 7.64. The minimum atomic E-state index is 0.121. The lowest BCUT2D eigenvalue weighted by Crippen LogP contribution is -2.42. The molecule has 112 valence electrons. The Hall–Kier alpha value is -1.36. The van der Waals surface area contributed by atoms with Crippen LogP contribution in [0.1, 0.15) is 54.6 Å². The summed E-state index contributed by atoms with van der Waals surface area (Å²) in [5, 5.41) is 4.28. The van der Waals surface area contributed by atoms with Gasteiger partial charge in [-0.1, -0.05) is 19.3 Å². The SMILES string of the molecule is Cc1nn(C)cc1C(=O)N(CCCN)C1CCCCC1. The Morgan fingerprint density at radius 2 is 2.15 bits per heavy atom. The van der Waals surface area contributed by atoms with Crippen molar-refractivity contribution >= 4 is 5.91 Å². The summed E-state index contributed by atoms with van der Waals surface area (Å²) in [6.07, 6.45) is 8.68. The van der Waals surface area contributed by atoms with Crippen molar-refractivity contribution in [3.8, 4) is 0 Å². The molecular formula is C15H26N4O. The number of carbonyl (C=O) groups excluding carboxylic acids is 1. The van der Waals surface area contributed by atoms with Crippen LogP contribution in [0, 0.1) is 6.92 Å². The van der Waals surface area contributed by atoms with Gasteiger partial charge in [0.2, 0.25) is 0 Å². The van der Waals surface area contributed by atoms with Crippen LogP contribution in [0.5, 0.6) is 0 Å². The van der Waals surface area contributed by atoms with Crippen molar-refractivity contribution in [2.24, 2.45) is 12.8 Å². The van der Waals surface area contributed by atoms with Gasteiger partial charge in [-0.2, -0.15) is 5.10 Å². The van der Waals surface area contributed by atoms with Crippen LogP contribution in [-0.2, 0) is 7.05 Å². The zero-order valence-corrected chi connectivity index (χ0v) is 12.6. The van der Waals surface area contributed by atoms with Gasteiger partial charge in [-0.25, -0.2) is 0 Å². The van der Waals surface area contributed by atoms with Gasteiger partial charge in [-0.3, -0.25) is 9.48 Å². The molecule has 0 spiro atoms. The van der Waals surface area contributed by atoms with Gasteiger partial charge in [0.1, 0.15) is 0 Å². The molecule has 1 saturated carbocycles. The summed E-state index contributed by atoms with van der Waals surface area (Å²) in [6, 6.07) is 0.377. The summed E-state index contributed by atoms with van der Waals surface area (Å²) in [6.45, 7) is 3.28. The predicted molar refractivity (Wildman–Crippen MR) is 79.5 cm³/mol. The quantitative estimate of drug-likeness (QED) is 0.894. The van der Waals surface area contributed by atoms with Gasteiger partial charge in [0, 0.05) is 25.8 Å². The van der Waals surface area contributed by atoms with Crippen molar-refractivity contribution in [1.29, 1.82) is 0 Å². The zero-order chi connectivity index (χ0) is 14.5. The van der Waals surface area contributed by atoms with E-state index in [4.69, 9.17) is 5.73 Å². The Kier molecular flexibility index (Phi) is 5.17.